The van der Waals surface area contributed by atoms with Gasteiger partial charge < -0.3 is 10.6 Å². The number of nitrogens with zero attached hydrogens (tertiary/aromatic N) is 1. The molecule has 116 valence electrons. The van der Waals surface area contributed by atoms with Gasteiger partial charge in [0.2, 0.25) is 5.91 Å². The fourth-order valence-corrected chi connectivity index (χ4v) is 2.79. The number of aryl methyl sites for hydroxylation is 1. The van der Waals surface area contributed by atoms with E-state index in [0.717, 1.165) is 25.2 Å². The minimum Gasteiger partial charge on any atom is -0.351 e. The molecule has 1 aromatic rings. The van der Waals surface area contributed by atoms with Gasteiger partial charge in [0.1, 0.15) is 0 Å². The highest BCUT2D eigenvalue weighted by Gasteiger charge is 2.16. The van der Waals surface area contributed by atoms with Crippen molar-refractivity contribution in [3.8, 4) is 0 Å². The molecular weight excluding hydrogens is 262 g/mol. The number of hydrogen-bond donors (Lipinski definition) is 2. The summed E-state index contributed by atoms with van der Waals surface area (Å²) >= 11 is 0. The van der Waals surface area contributed by atoms with Gasteiger partial charge in [0.05, 0.1) is 6.54 Å². The lowest BCUT2D eigenvalue weighted by atomic mass is 9.99. The lowest BCUT2D eigenvalue weighted by Gasteiger charge is -2.27. The van der Waals surface area contributed by atoms with Crippen molar-refractivity contribution >= 4 is 5.91 Å². The molecule has 0 aliphatic carbocycles. The second-order valence-corrected chi connectivity index (χ2v) is 6.17. The van der Waals surface area contributed by atoms with Crippen molar-refractivity contribution in [3.05, 3.63) is 35.4 Å². The molecule has 4 heteroatoms. The van der Waals surface area contributed by atoms with E-state index in [1.54, 1.807) is 0 Å². The zero-order valence-electron chi connectivity index (χ0n) is 13.2. The van der Waals surface area contributed by atoms with Crippen molar-refractivity contribution in [3.63, 3.8) is 0 Å². The van der Waals surface area contributed by atoms with E-state index in [2.05, 4.69) is 46.7 Å². The Morgan fingerprint density at radius 3 is 2.81 bits per heavy atom. The lowest BCUT2D eigenvalue weighted by molar-refractivity contribution is -0.122. The Labute approximate surface area is 127 Å². The predicted octanol–water partition coefficient (Wildman–Crippen LogP) is 1.54. The number of benzene rings is 1. The summed E-state index contributed by atoms with van der Waals surface area (Å²) in [5.74, 6) is 0.774. The van der Waals surface area contributed by atoms with Crippen LogP contribution >= 0.6 is 0 Å². The van der Waals surface area contributed by atoms with Crippen LogP contribution in [0.1, 0.15) is 24.0 Å². The van der Waals surface area contributed by atoms with E-state index in [9.17, 15) is 4.79 Å². The highest BCUT2D eigenvalue weighted by atomic mass is 16.2. The van der Waals surface area contributed by atoms with Crippen molar-refractivity contribution in [1.29, 1.82) is 0 Å². The van der Waals surface area contributed by atoms with Gasteiger partial charge in [-0.05, 0) is 51.4 Å². The third-order valence-corrected chi connectivity index (χ3v) is 3.99. The Morgan fingerprint density at radius 2 is 2.14 bits per heavy atom. The summed E-state index contributed by atoms with van der Waals surface area (Å²) in [6, 6.07) is 8.27. The summed E-state index contributed by atoms with van der Waals surface area (Å²) < 4.78 is 0. The fraction of sp³-hybridized carbons (Fsp3) is 0.588. The van der Waals surface area contributed by atoms with Gasteiger partial charge in [0.25, 0.3) is 0 Å². The second kappa shape index (κ2) is 8.15. The SMILES string of the molecule is Cc1ccc(CNC(=O)CN(C)CC2CCCNC2)cc1. The second-order valence-electron chi connectivity index (χ2n) is 6.17. The third kappa shape index (κ3) is 5.86. The smallest absolute Gasteiger partial charge is 0.234 e. The molecule has 0 aromatic heterocycles. The van der Waals surface area contributed by atoms with Gasteiger partial charge in [-0.3, -0.25) is 9.69 Å². The topological polar surface area (TPSA) is 44.4 Å². The van der Waals surface area contributed by atoms with Crippen LogP contribution < -0.4 is 10.6 Å². The number of piperidine rings is 1. The van der Waals surface area contributed by atoms with Crippen molar-refractivity contribution in [2.75, 3.05) is 33.2 Å². The molecule has 21 heavy (non-hydrogen) atoms. The van der Waals surface area contributed by atoms with Crippen molar-refractivity contribution < 1.29 is 4.79 Å². The largest absolute Gasteiger partial charge is 0.351 e. The maximum atomic E-state index is 12.0. The van der Waals surface area contributed by atoms with Crippen LogP contribution in [0.3, 0.4) is 0 Å². The molecule has 0 radical (unpaired) electrons. The summed E-state index contributed by atoms with van der Waals surface area (Å²) in [4.78, 5) is 14.1. The van der Waals surface area contributed by atoms with Gasteiger partial charge in [0.15, 0.2) is 0 Å². The number of nitrogens with one attached hydrogen (secondary N) is 2. The molecule has 0 saturated carbocycles. The van der Waals surface area contributed by atoms with E-state index in [4.69, 9.17) is 0 Å². The molecule has 1 aliphatic rings. The number of amides is 1. The van der Waals surface area contributed by atoms with Gasteiger partial charge in [-0.25, -0.2) is 0 Å². The first-order valence-electron chi connectivity index (χ1n) is 7.85. The van der Waals surface area contributed by atoms with Crippen LogP contribution in [-0.4, -0.2) is 44.0 Å². The molecule has 0 spiro atoms. The van der Waals surface area contributed by atoms with E-state index >= 15 is 0 Å². The van der Waals surface area contributed by atoms with Crippen LogP contribution in [0.25, 0.3) is 0 Å². The van der Waals surface area contributed by atoms with Crippen molar-refractivity contribution in [1.82, 2.24) is 15.5 Å². The lowest BCUT2D eigenvalue weighted by Crippen LogP contribution is -2.41. The Morgan fingerprint density at radius 1 is 1.38 bits per heavy atom. The van der Waals surface area contributed by atoms with E-state index in [-0.39, 0.29) is 5.91 Å². The molecule has 2 N–H and O–H groups in total. The van der Waals surface area contributed by atoms with E-state index in [0.29, 0.717) is 19.0 Å². The zero-order valence-corrected chi connectivity index (χ0v) is 13.2. The van der Waals surface area contributed by atoms with Gasteiger partial charge in [-0.2, -0.15) is 0 Å². The standard InChI is InChI=1S/C17H27N3O/c1-14-5-7-15(8-6-14)11-19-17(21)13-20(2)12-16-4-3-9-18-10-16/h5-8,16,18H,3-4,9-13H2,1-2H3,(H,19,21). The molecule has 1 aliphatic heterocycles. The zero-order chi connectivity index (χ0) is 15.1. The van der Waals surface area contributed by atoms with Crippen LogP contribution in [0.2, 0.25) is 0 Å². The van der Waals surface area contributed by atoms with Crippen LogP contribution in [0.4, 0.5) is 0 Å². The molecule has 1 heterocycles. The fourth-order valence-electron chi connectivity index (χ4n) is 2.79. The van der Waals surface area contributed by atoms with E-state index in [1.807, 2.05) is 7.05 Å². The number of rotatable bonds is 6. The normalized spacial score (nSPS) is 18.7. The van der Waals surface area contributed by atoms with Gasteiger partial charge >= 0.3 is 0 Å². The molecule has 0 bridgehead atoms. The molecule has 1 fully saturated rings. The molecule has 1 amide bonds. The maximum absolute atomic E-state index is 12.0. The number of carbonyl (C=O) groups is 1. The van der Waals surface area contributed by atoms with E-state index in [1.165, 1.54) is 18.4 Å². The van der Waals surface area contributed by atoms with Gasteiger partial charge in [-0.1, -0.05) is 29.8 Å². The Bertz CT molecular complexity index is 438. The van der Waals surface area contributed by atoms with Crippen molar-refractivity contribution in [2.24, 2.45) is 5.92 Å². The highest BCUT2D eigenvalue weighted by molar-refractivity contribution is 5.77. The predicted molar refractivity (Wildman–Crippen MR) is 86.1 cm³/mol. The van der Waals surface area contributed by atoms with Gasteiger partial charge in [-0.15, -0.1) is 0 Å². The van der Waals surface area contributed by atoms with E-state index < -0.39 is 0 Å². The molecule has 1 atom stereocenters. The molecular formula is C17H27N3O. The average Bonchev–Trinajstić information content (AvgIpc) is 2.47. The maximum Gasteiger partial charge on any atom is 0.234 e. The quantitative estimate of drug-likeness (QED) is 0.835. The highest BCUT2D eigenvalue weighted by Crippen LogP contribution is 2.10. The van der Waals surface area contributed by atoms with Crippen LogP contribution in [0.15, 0.2) is 24.3 Å². The van der Waals surface area contributed by atoms with Crippen molar-refractivity contribution in [2.45, 2.75) is 26.3 Å². The summed E-state index contributed by atoms with van der Waals surface area (Å²) in [7, 11) is 2.03. The summed E-state index contributed by atoms with van der Waals surface area (Å²) in [6.07, 6.45) is 2.51. The number of hydrogen-bond acceptors (Lipinski definition) is 3. The Balaban J connectivity index is 1.67. The molecule has 1 unspecified atom stereocenters. The molecule has 4 nitrogen and oxygen atoms in total. The Kier molecular flexibility index (Phi) is 6.21. The molecule has 1 aromatic carbocycles. The average molecular weight is 289 g/mol. The molecule has 2 rings (SSSR count). The first-order valence-corrected chi connectivity index (χ1v) is 7.85. The first-order chi connectivity index (χ1) is 10.1. The summed E-state index contributed by atoms with van der Waals surface area (Å²) in [5, 5.41) is 6.41. The van der Waals surface area contributed by atoms with Crippen LogP contribution in [0, 0.1) is 12.8 Å². The van der Waals surface area contributed by atoms with Crippen LogP contribution in [-0.2, 0) is 11.3 Å². The number of carbonyl (C=O) groups excluding carboxylic acids is 1. The van der Waals surface area contributed by atoms with Gasteiger partial charge in [0, 0.05) is 13.1 Å². The Hall–Kier alpha value is -1.39. The number of likely N-dealkylation sites (N-methyl/N-ethyl adjacent to an activating group) is 1. The molecule has 1 saturated heterocycles. The first kappa shape index (κ1) is 16.0. The van der Waals surface area contributed by atoms with Crippen LogP contribution in [0.5, 0.6) is 0 Å². The summed E-state index contributed by atoms with van der Waals surface area (Å²) in [5.41, 5.74) is 2.39. The monoisotopic (exact) mass is 289 g/mol. The minimum absolute atomic E-state index is 0.0989. The summed E-state index contributed by atoms with van der Waals surface area (Å²) in [6.45, 7) is 6.36. The third-order valence-electron chi connectivity index (χ3n) is 3.99. The minimum atomic E-state index is 0.0989.